The predicted octanol–water partition coefficient (Wildman–Crippen LogP) is 4.45. The molecule has 0 aliphatic heterocycles. The second-order valence-electron chi connectivity index (χ2n) is 6.92. The summed E-state index contributed by atoms with van der Waals surface area (Å²) in [5, 5.41) is 12.1. The highest BCUT2D eigenvalue weighted by Gasteiger charge is 2.18. The Morgan fingerprint density at radius 3 is 2.39 bits per heavy atom. The number of aliphatic carboxylic acids is 1. The van der Waals surface area contributed by atoms with Crippen molar-refractivity contribution in [1.82, 2.24) is 4.98 Å². The summed E-state index contributed by atoms with van der Waals surface area (Å²) in [6.07, 6.45) is -0.576. The number of hydrogen-bond acceptors (Lipinski definition) is 4. The van der Waals surface area contributed by atoms with E-state index in [0.29, 0.717) is 30.2 Å². The van der Waals surface area contributed by atoms with Gasteiger partial charge in [0.15, 0.2) is 6.10 Å². The highest BCUT2D eigenvalue weighted by Crippen LogP contribution is 2.22. The number of carbonyl (C=O) groups excluding carboxylic acids is 1. The Morgan fingerprint density at radius 1 is 1.03 bits per heavy atom. The van der Waals surface area contributed by atoms with E-state index in [2.05, 4.69) is 10.3 Å². The van der Waals surface area contributed by atoms with E-state index in [1.807, 2.05) is 66.7 Å². The van der Waals surface area contributed by atoms with Gasteiger partial charge in [-0.15, -0.1) is 0 Å². The van der Waals surface area contributed by atoms with Gasteiger partial charge >= 0.3 is 12.0 Å². The molecule has 0 aliphatic carbocycles. The topological polar surface area (TPSA) is 91.8 Å². The Hall–Kier alpha value is -3.71. The Morgan fingerprint density at radius 2 is 1.74 bits per heavy atom. The maximum Gasteiger partial charge on any atom is 0.333 e. The number of carboxylic acids is 1. The van der Waals surface area contributed by atoms with Crippen LogP contribution in [0.5, 0.6) is 0 Å². The van der Waals surface area contributed by atoms with Crippen LogP contribution in [-0.4, -0.2) is 41.8 Å². The normalized spacial score (nSPS) is 11.5. The van der Waals surface area contributed by atoms with Gasteiger partial charge in [-0.05, 0) is 36.8 Å². The molecule has 0 saturated heterocycles. The largest absolute Gasteiger partial charge is 0.479 e. The van der Waals surface area contributed by atoms with Crippen molar-refractivity contribution in [3.63, 3.8) is 0 Å². The fourth-order valence-corrected chi connectivity index (χ4v) is 3.05. The van der Waals surface area contributed by atoms with Crippen LogP contribution < -0.4 is 10.2 Å². The number of carboxylic acid groups (broad SMARTS) is 1. The zero-order valence-corrected chi connectivity index (χ0v) is 17.5. The van der Waals surface area contributed by atoms with Crippen LogP contribution in [0.1, 0.15) is 12.5 Å². The third-order valence-electron chi connectivity index (χ3n) is 4.72. The minimum atomic E-state index is -0.975. The fourth-order valence-electron chi connectivity index (χ4n) is 3.05. The number of benzene rings is 2. The molecule has 3 aromatic rings. The number of aromatic nitrogens is 1. The lowest BCUT2D eigenvalue weighted by atomic mass is 10.0. The molecule has 0 unspecified atom stereocenters. The number of rotatable bonds is 8. The SMILES string of the molecule is CCO[C@@H](Cc1ccc(-c2cccc(N(C)C(=O)Nc3ccccc3)n2)cc1)C(=O)O. The van der Waals surface area contributed by atoms with Gasteiger partial charge in [-0.1, -0.05) is 48.5 Å². The van der Waals surface area contributed by atoms with Crippen LogP contribution in [-0.2, 0) is 16.0 Å². The van der Waals surface area contributed by atoms with Gasteiger partial charge in [0, 0.05) is 31.3 Å². The third kappa shape index (κ3) is 5.90. The molecule has 7 nitrogen and oxygen atoms in total. The van der Waals surface area contributed by atoms with Crippen LogP contribution >= 0.6 is 0 Å². The van der Waals surface area contributed by atoms with E-state index in [1.54, 1.807) is 20.0 Å². The molecule has 1 atom stereocenters. The molecule has 0 radical (unpaired) electrons. The van der Waals surface area contributed by atoms with Gasteiger partial charge in [0.2, 0.25) is 0 Å². The molecule has 2 N–H and O–H groups in total. The molecule has 3 rings (SSSR count). The van der Waals surface area contributed by atoms with E-state index in [0.717, 1.165) is 11.1 Å². The molecule has 1 aromatic heterocycles. The van der Waals surface area contributed by atoms with Gasteiger partial charge in [-0.3, -0.25) is 4.90 Å². The second-order valence-corrected chi connectivity index (χ2v) is 6.92. The summed E-state index contributed by atoms with van der Waals surface area (Å²) in [7, 11) is 1.66. The van der Waals surface area contributed by atoms with Gasteiger partial charge in [0.05, 0.1) is 5.69 Å². The molecule has 1 heterocycles. The van der Waals surface area contributed by atoms with E-state index >= 15 is 0 Å². The smallest absolute Gasteiger partial charge is 0.333 e. The maximum atomic E-state index is 12.5. The zero-order chi connectivity index (χ0) is 22.2. The molecule has 0 aliphatic rings. The first kappa shape index (κ1) is 22.0. The molecule has 0 bridgehead atoms. The third-order valence-corrected chi connectivity index (χ3v) is 4.72. The highest BCUT2D eigenvalue weighted by atomic mass is 16.5. The van der Waals surface area contributed by atoms with Crippen molar-refractivity contribution in [3.8, 4) is 11.3 Å². The number of carbonyl (C=O) groups is 2. The Balaban J connectivity index is 1.72. The minimum absolute atomic E-state index is 0.290. The summed E-state index contributed by atoms with van der Waals surface area (Å²) in [6.45, 7) is 2.12. The quantitative estimate of drug-likeness (QED) is 0.563. The van der Waals surface area contributed by atoms with Crippen molar-refractivity contribution in [1.29, 1.82) is 0 Å². The van der Waals surface area contributed by atoms with Gasteiger partial charge in [0.1, 0.15) is 5.82 Å². The van der Waals surface area contributed by atoms with Crippen LogP contribution in [0.3, 0.4) is 0 Å². The Bertz CT molecular complexity index is 1020. The van der Waals surface area contributed by atoms with E-state index in [-0.39, 0.29) is 6.03 Å². The first-order valence-electron chi connectivity index (χ1n) is 9.98. The van der Waals surface area contributed by atoms with Crippen molar-refractivity contribution in [2.24, 2.45) is 0 Å². The van der Waals surface area contributed by atoms with Gasteiger partial charge in [0.25, 0.3) is 0 Å². The van der Waals surface area contributed by atoms with Crippen molar-refractivity contribution < 1.29 is 19.4 Å². The number of nitrogens with one attached hydrogen (secondary N) is 1. The lowest BCUT2D eigenvalue weighted by Gasteiger charge is -2.18. The van der Waals surface area contributed by atoms with Gasteiger partial charge < -0.3 is 15.2 Å². The average molecular weight is 419 g/mol. The molecule has 2 amide bonds. The van der Waals surface area contributed by atoms with Crippen molar-refractivity contribution in [2.75, 3.05) is 23.9 Å². The minimum Gasteiger partial charge on any atom is -0.479 e. The summed E-state index contributed by atoms with van der Waals surface area (Å²) in [5.74, 6) is -0.464. The first-order valence-corrected chi connectivity index (χ1v) is 9.98. The molecule has 7 heteroatoms. The summed E-state index contributed by atoms with van der Waals surface area (Å²) in [6, 6.07) is 21.9. The van der Waals surface area contributed by atoms with Gasteiger partial charge in [-0.2, -0.15) is 0 Å². The summed E-state index contributed by atoms with van der Waals surface area (Å²) >= 11 is 0. The number of amides is 2. The number of ether oxygens (including phenoxy) is 1. The fraction of sp³-hybridized carbons (Fsp3) is 0.208. The Labute approximate surface area is 181 Å². The molecule has 0 saturated carbocycles. The number of pyridine rings is 1. The molecule has 0 fully saturated rings. The molecule has 31 heavy (non-hydrogen) atoms. The van der Waals surface area contributed by atoms with Crippen molar-refractivity contribution in [3.05, 3.63) is 78.4 Å². The van der Waals surface area contributed by atoms with E-state index < -0.39 is 12.1 Å². The van der Waals surface area contributed by atoms with Crippen LogP contribution in [0, 0.1) is 0 Å². The lowest BCUT2D eigenvalue weighted by Crippen LogP contribution is -2.31. The molecular weight excluding hydrogens is 394 g/mol. The summed E-state index contributed by atoms with van der Waals surface area (Å²) in [4.78, 5) is 29.9. The Kier molecular flexibility index (Phi) is 7.35. The molecule has 160 valence electrons. The van der Waals surface area contributed by atoms with Crippen molar-refractivity contribution in [2.45, 2.75) is 19.4 Å². The van der Waals surface area contributed by atoms with E-state index in [1.165, 1.54) is 4.90 Å². The highest BCUT2D eigenvalue weighted by molar-refractivity contribution is 6.00. The van der Waals surface area contributed by atoms with Crippen LogP contribution in [0.4, 0.5) is 16.3 Å². The first-order chi connectivity index (χ1) is 15.0. The monoisotopic (exact) mass is 419 g/mol. The van der Waals surface area contributed by atoms with Crippen LogP contribution in [0.25, 0.3) is 11.3 Å². The summed E-state index contributed by atoms with van der Waals surface area (Å²) < 4.78 is 5.27. The number of urea groups is 1. The lowest BCUT2D eigenvalue weighted by molar-refractivity contribution is -0.149. The maximum absolute atomic E-state index is 12.5. The average Bonchev–Trinajstić information content (AvgIpc) is 2.79. The second kappa shape index (κ2) is 10.4. The number of hydrogen-bond donors (Lipinski definition) is 2. The molecule has 0 spiro atoms. The standard InChI is InChI=1S/C24H25N3O4/c1-3-31-21(23(28)29)16-17-12-14-18(15-13-17)20-10-7-11-22(26-20)27(2)24(30)25-19-8-5-4-6-9-19/h4-15,21H,3,16H2,1-2H3,(H,25,30)(H,28,29)/t21-/m0/s1. The molecular formula is C24H25N3O4. The number of nitrogens with zero attached hydrogens (tertiary/aromatic N) is 2. The zero-order valence-electron chi connectivity index (χ0n) is 17.5. The van der Waals surface area contributed by atoms with Gasteiger partial charge in [-0.25, -0.2) is 14.6 Å². The summed E-state index contributed by atoms with van der Waals surface area (Å²) in [5.41, 5.74) is 3.15. The predicted molar refractivity (Wildman–Crippen MR) is 120 cm³/mol. The van der Waals surface area contributed by atoms with E-state index in [4.69, 9.17) is 4.74 Å². The van der Waals surface area contributed by atoms with Crippen LogP contribution in [0.2, 0.25) is 0 Å². The number of anilines is 2. The van der Waals surface area contributed by atoms with E-state index in [9.17, 15) is 14.7 Å². The molecule has 2 aromatic carbocycles. The van der Waals surface area contributed by atoms with Crippen molar-refractivity contribution >= 4 is 23.5 Å². The van der Waals surface area contributed by atoms with Crippen LogP contribution in [0.15, 0.2) is 72.8 Å². The number of para-hydroxylation sites is 1.